The average Bonchev–Trinajstić information content (AvgIpc) is 2.88. The molecule has 21 heavy (non-hydrogen) atoms. The van der Waals surface area contributed by atoms with Gasteiger partial charge in [-0.25, -0.2) is 4.98 Å². The van der Waals surface area contributed by atoms with Crippen LogP contribution in [0.3, 0.4) is 0 Å². The fourth-order valence-corrected chi connectivity index (χ4v) is 2.49. The summed E-state index contributed by atoms with van der Waals surface area (Å²) in [5.41, 5.74) is 3.45. The molecule has 1 aromatic carbocycles. The molecule has 0 atom stereocenters. The van der Waals surface area contributed by atoms with Crippen LogP contribution in [0.25, 0.3) is 5.65 Å². The van der Waals surface area contributed by atoms with Crippen molar-refractivity contribution in [1.29, 1.82) is 5.26 Å². The Hall–Kier alpha value is -2.39. The van der Waals surface area contributed by atoms with E-state index in [-0.39, 0.29) is 0 Å². The van der Waals surface area contributed by atoms with Gasteiger partial charge >= 0.3 is 0 Å². The maximum atomic E-state index is 8.82. The predicted molar refractivity (Wildman–Crippen MR) is 84.0 cm³/mol. The smallest absolute Gasteiger partial charge is 0.156 e. The van der Waals surface area contributed by atoms with Crippen molar-refractivity contribution < 1.29 is 0 Å². The molecule has 0 amide bonds. The zero-order valence-electron chi connectivity index (χ0n) is 11.4. The van der Waals surface area contributed by atoms with Crippen LogP contribution in [-0.2, 0) is 6.54 Å². The minimum Gasteiger partial charge on any atom is -0.369 e. The largest absolute Gasteiger partial charge is 0.369 e. The van der Waals surface area contributed by atoms with Gasteiger partial charge in [-0.1, -0.05) is 0 Å². The lowest BCUT2D eigenvalue weighted by Gasteiger charge is -2.18. The monoisotopic (exact) mass is 341 g/mol. The van der Waals surface area contributed by atoms with Crippen molar-refractivity contribution in [2.24, 2.45) is 0 Å². The molecule has 3 rings (SSSR count). The molecule has 0 spiro atoms. The van der Waals surface area contributed by atoms with Gasteiger partial charge in [-0.3, -0.25) is 9.38 Å². The summed E-state index contributed by atoms with van der Waals surface area (Å²) < 4.78 is 2.86. The van der Waals surface area contributed by atoms with E-state index in [4.69, 9.17) is 5.26 Å². The number of nitriles is 1. The number of benzene rings is 1. The second-order valence-electron chi connectivity index (χ2n) is 4.70. The molecule has 0 aliphatic carbocycles. The highest BCUT2D eigenvalue weighted by molar-refractivity contribution is 9.10. The first-order valence-electron chi connectivity index (χ1n) is 6.36. The number of hydrogen-bond donors (Lipinski definition) is 0. The molecule has 0 N–H and O–H groups in total. The molecule has 0 saturated carbocycles. The van der Waals surface area contributed by atoms with Crippen LogP contribution in [0.5, 0.6) is 0 Å². The second kappa shape index (κ2) is 5.54. The molecule has 3 aromatic rings. The minimum atomic E-state index is 0.661. The predicted octanol–water partition coefficient (Wildman–Crippen LogP) is 3.00. The standard InChI is InChI=1S/C15H12BrN5/c1-20(13-4-2-11(6-17)3-5-13)9-12-10-21-14(16)7-19-15(21)8-18-12/h2-5,7-8,10H,9H2,1H3. The van der Waals surface area contributed by atoms with E-state index in [2.05, 4.69) is 36.9 Å². The molecule has 0 fully saturated rings. The van der Waals surface area contributed by atoms with E-state index in [1.807, 2.05) is 41.9 Å². The second-order valence-corrected chi connectivity index (χ2v) is 5.51. The van der Waals surface area contributed by atoms with Crippen LogP contribution in [0.15, 0.2) is 47.5 Å². The lowest BCUT2D eigenvalue weighted by atomic mass is 10.2. The third kappa shape index (κ3) is 2.73. The Labute approximate surface area is 130 Å². The highest BCUT2D eigenvalue weighted by atomic mass is 79.9. The summed E-state index contributed by atoms with van der Waals surface area (Å²) in [5, 5.41) is 8.82. The Morgan fingerprint density at radius 3 is 2.71 bits per heavy atom. The van der Waals surface area contributed by atoms with Crippen LogP contribution < -0.4 is 4.90 Å². The fraction of sp³-hybridized carbons (Fsp3) is 0.133. The Kier molecular flexibility index (Phi) is 3.59. The van der Waals surface area contributed by atoms with Crippen molar-refractivity contribution >= 4 is 27.3 Å². The normalized spacial score (nSPS) is 10.5. The molecule has 0 saturated heterocycles. The molecule has 6 heteroatoms. The molecule has 104 valence electrons. The van der Waals surface area contributed by atoms with Crippen molar-refractivity contribution in [1.82, 2.24) is 14.4 Å². The summed E-state index contributed by atoms with van der Waals surface area (Å²) in [6.45, 7) is 0.673. The van der Waals surface area contributed by atoms with Gasteiger partial charge in [0, 0.05) is 18.9 Å². The van der Waals surface area contributed by atoms with Crippen LogP contribution in [0.1, 0.15) is 11.3 Å². The highest BCUT2D eigenvalue weighted by Gasteiger charge is 2.06. The highest BCUT2D eigenvalue weighted by Crippen LogP contribution is 2.17. The molecule has 0 unspecified atom stereocenters. The van der Waals surface area contributed by atoms with E-state index in [1.165, 1.54) is 0 Å². The van der Waals surface area contributed by atoms with Gasteiger partial charge in [-0.2, -0.15) is 5.26 Å². The number of halogens is 1. The SMILES string of the molecule is CN(Cc1cn2c(Br)cnc2cn1)c1ccc(C#N)cc1. The van der Waals surface area contributed by atoms with Gasteiger partial charge in [0.2, 0.25) is 0 Å². The summed E-state index contributed by atoms with van der Waals surface area (Å²) >= 11 is 3.46. The number of aromatic nitrogens is 3. The van der Waals surface area contributed by atoms with Crippen molar-refractivity contribution in [3.05, 3.63) is 58.7 Å². The van der Waals surface area contributed by atoms with Crippen molar-refractivity contribution in [3.63, 3.8) is 0 Å². The van der Waals surface area contributed by atoms with Gasteiger partial charge in [0.25, 0.3) is 0 Å². The number of fused-ring (bicyclic) bond motifs is 1. The van der Waals surface area contributed by atoms with Crippen LogP contribution >= 0.6 is 15.9 Å². The quantitative estimate of drug-likeness (QED) is 0.734. The van der Waals surface area contributed by atoms with Crippen LogP contribution in [-0.4, -0.2) is 21.4 Å². The topological polar surface area (TPSA) is 57.2 Å². The molecule has 2 heterocycles. The third-order valence-electron chi connectivity index (χ3n) is 3.24. The number of anilines is 1. The summed E-state index contributed by atoms with van der Waals surface area (Å²) in [7, 11) is 2.00. The summed E-state index contributed by atoms with van der Waals surface area (Å²) in [6.07, 6.45) is 5.48. The maximum Gasteiger partial charge on any atom is 0.156 e. The summed E-state index contributed by atoms with van der Waals surface area (Å²) in [5.74, 6) is 0. The molecular formula is C15H12BrN5. The van der Waals surface area contributed by atoms with E-state index in [0.29, 0.717) is 12.1 Å². The Morgan fingerprint density at radius 1 is 1.24 bits per heavy atom. The first-order chi connectivity index (χ1) is 10.2. The summed E-state index contributed by atoms with van der Waals surface area (Å²) in [6, 6.07) is 9.62. The number of rotatable bonds is 3. The molecule has 2 aromatic heterocycles. The number of hydrogen-bond acceptors (Lipinski definition) is 4. The van der Waals surface area contributed by atoms with Crippen molar-refractivity contribution in [3.8, 4) is 6.07 Å². The van der Waals surface area contributed by atoms with E-state index >= 15 is 0 Å². The maximum absolute atomic E-state index is 8.82. The molecule has 0 bridgehead atoms. The Morgan fingerprint density at radius 2 is 2.00 bits per heavy atom. The van der Waals surface area contributed by atoms with Crippen LogP contribution in [0.2, 0.25) is 0 Å². The zero-order chi connectivity index (χ0) is 14.8. The zero-order valence-corrected chi connectivity index (χ0v) is 12.9. The lowest BCUT2D eigenvalue weighted by molar-refractivity contribution is 0.866. The Balaban J connectivity index is 1.83. The van der Waals surface area contributed by atoms with E-state index in [9.17, 15) is 0 Å². The van der Waals surface area contributed by atoms with Gasteiger partial charge in [-0.15, -0.1) is 0 Å². The summed E-state index contributed by atoms with van der Waals surface area (Å²) in [4.78, 5) is 10.7. The fourth-order valence-electron chi connectivity index (χ4n) is 2.11. The van der Waals surface area contributed by atoms with Crippen molar-refractivity contribution in [2.45, 2.75) is 6.54 Å². The average molecular weight is 342 g/mol. The molecule has 5 nitrogen and oxygen atoms in total. The van der Waals surface area contributed by atoms with Gasteiger partial charge in [0.1, 0.15) is 4.60 Å². The van der Waals surface area contributed by atoms with Gasteiger partial charge in [0.15, 0.2) is 5.65 Å². The van der Waals surface area contributed by atoms with Gasteiger partial charge in [-0.05, 0) is 40.2 Å². The number of nitrogens with zero attached hydrogens (tertiary/aromatic N) is 5. The van der Waals surface area contributed by atoms with E-state index < -0.39 is 0 Å². The first kappa shape index (κ1) is 13.6. The molecule has 0 aliphatic heterocycles. The Bertz CT molecular complexity index is 816. The van der Waals surface area contributed by atoms with Gasteiger partial charge in [0.05, 0.1) is 36.3 Å². The van der Waals surface area contributed by atoms with Gasteiger partial charge < -0.3 is 4.90 Å². The van der Waals surface area contributed by atoms with Crippen molar-refractivity contribution in [2.75, 3.05) is 11.9 Å². The van der Waals surface area contributed by atoms with Crippen LogP contribution in [0.4, 0.5) is 5.69 Å². The van der Waals surface area contributed by atoms with E-state index in [0.717, 1.165) is 21.6 Å². The van der Waals surface area contributed by atoms with E-state index in [1.54, 1.807) is 12.4 Å². The molecule has 0 aliphatic rings. The molecule has 0 radical (unpaired) electrons. The molecular weight excluding hydrogens is 330 g/mol. The lowest BCUT2D eigenvalue weighted by Crippen LogP contribution is -2.17. The third-order valence-corrected chi connectivity index (χ3v) is 3.83. The first-order valence-corrected chi connectivity index (χ1v) is 7.15. The minimum absolute atomic E-state index is 0.661. The number of imidazole rings is 1. The van der Waals surface area contributed by atoms with Crippen LogP contribution in [0, 0.1) is 11.3 Å².